The van der Waals surface area contributed by atoms with Gasteiger partial charge in [0.05, 0.1) is 6.54 Å². The fourth-order valence-electron chi connectivity index (χ4n) is 2.07. The van der Waals surface area contributed by atoms with Crippen LogP contribution in [0.2, 0.25) is 0 Å². The number of carbonyl (C=O) groups excluding carboxylic acids is 2. The van der Waals surface area contributed by atoms with Gasteiger partial charge in [0.1, 0.15) is 0 Å². The second-order valence-electron chi connectivity index (χ2n) is 5.12. The number of amides is 2. The molecule has 1 aromatic rings. The van der Waals surface area contributed by atoms with Crippen LogP contribution in [0.5, 0.6) is 0 Å². The van der Waals surface area contributed by atoms with Crippen LogP contribution in [0, 0.1) is 5.92 Å². The molecule has 6 heteroatoms. The molecular formula is C15H22BrN3O2. The van der Waals surface area contributed by atoms with E-state index in [2.05, 4.69) is 15.9 Å². The number of hydrogen-bond donors (Lipinski definition) is 2. The van der Waals surface area contributed by atoms with E-state index >= 15 is 0 Å². The van der Waals surface area contributed by atoms with E-state index < -0.39 is 5.91 Å². The van der Waals surface area contributed by atoms with Crippen LogP contribution in [0.1, 0.15) is 25.3 Å². The van der Waals surface area contributed by atoms with Crippen LogP contribution in [0.15, 0.2) is 28.7 Å². The lowest BCUT2D eigenvalue weighted by atomic mass is 10.0. The molecule has 0 fully saturated rings. The summed E-state index contributed by atoms with van der Waals surface area (Å²) in [6.07, 6.45) is 1.50. The lowest BCUT2D eigenvalue weighted by Crippen LogP contribution is -2.40. The van der Waals surface area contributed by atoms with E-state index in [0.29, 0.717) is 19.5 Å². The SMILES string of the molecule is CC(CCCN)C(=O)N(CC(N)=O)Cc1ccc(Br)cc1. The van der Waals surface area contributed by atoms with Gasteiger partial charge in [0.2, 0.25) is 11.8 Å². The van der Waals surface area contributed by atoms with Crippen molar-refractivity contribution in [1.29, 1.82) is 0 Å². The van der Waals surface area contributed by atoms with Gasteiger partial charge in [0.25, 0.3) is 0 Å². The van der Waals surface area contributed by atoms with Crippen molar-refractivity contribution in [3.8, 4) is 0 Å². The molecule has 0 aliphatic rings. The molecule has 0 saturated heterocycles. The van der Waals surface area contributed by atoms with Crippen LogP contribution in [0.25, 0.3) is 0 Å². The van der Waals surface area contributed by atoms with Crippen molar-refractivity contribution in [2.45, 2.75) is 26.3 Å². The average molecular weight is 356 g/mol. The first-order valence-corrected chi connectivity index (χ1v) is 7.75. The van der Waals surface area contributed by atoms with Crippen molar-refractivity contribution in [3.05, 3.63) is 34.3 Å². The summed E-state index contributed by atoms with van der Waals surface area (Å²) in [5.74, 6) is -0.736. The number of halogens is 1. The van der Waals surface area contributed by atoms with Crippen LogP contribution >= 0.6 is 15.9 Å². The van der Waals surface area contributed by atoms with E-state index in [9.17, 15) is 9.59 Å². The number of benzene rings is 1. The molecule has 1 unspecified atom stereocenters. The summed E-state index contributed by atoms with van der Waals surface area (Å²) in [5.41, 5.74) is 11.7. The lowest BCUT2D eigenvalue weighted by Gasteiger charge is -2.24. The average Bonchev–Trinajstić information content (AvgIpc) is 2.45. The number of primary amides is 1. The van der Waals surface area contributed by atoms with Crippen LogP contribution < -0.4 is 11.5 Å². The monoisotopic (exact) mass is 355 g/mol. The van der Waals surface area contributed by atoms with Gasteiger partial charge in [-0.1, -0.05) is 35.0 Å². The first kappa shape index (κ1) is 17.7. The predicted octanol–water partition coefficient (Wildman–Crippen LogP) is 1.64. The number of nitrogens with two attached hydrogens (primary N) is 2. The minimum atomic E-state index is -0.508. The Morgan fingerprint density at radius 3 is 2.43 bits per heavy atom. The van der Waals surface area contributed by atoms with Crippen molar-refractivity contribution in [2.75, 3.05) is 13.1 Å². The zero-order valence-electron chi connectivity index (χ0n) is 12.2. The molecule has 1 atom stereocenters. The Morgan fingerprint density at radius 1 is 1.29 bits per heavy atom. The lowest BCUT2D eigenvalue weighted by molar-refractivity contribution is -0.139. The molecule has 2 amide bonds. The van der Waals surface area contributed by atoms with Crippen molar-refractivity contribution in [3.63, 3.8) is 0 Å². The van der Waals surface area contributed by atoms with Crippen LogP contribution in [-0.4, -0.2) is 29.8 Å². The molecule has 21 heavy (non-hydrogen) atoms. The third-order valence-electron chi connectivity index (χ3n) is 3.21. The Morgan fingerprint density at radius 2 is 1.90 bits per heavy atom. The van der Waals surface area contributed by atoms with Crippen molar-refractivity contribution >= 4 is 27.7 Å². The Bertz CT molecular complexity index is 476. The molecule has 0 bridgehead atoms. The summed E-state index contributed by atoms with van der Waals surface area (Å²) in [6.45, 7) is 2.72. The Balaban J connectivity index is 2.76. The highest BCUT2D eigenvalue weighted by Gasteiger charge is 2.21. The largest absolute Gasteiger partial charge is 0.368 e. The molecular weight excluding hydrogens is 334 g/mol. The molecule has 0 radical (unpaired) electrons. The minimum absolute atomic E-state index is 0.0647. The highest BCUT2D eigenvalue weighted by molar-refractivity contribution is 9.10. The van der Waals surface area contributed by atoms with Crippen LogP contribution in [0.3, 0.4) is 0 Å². The highest BCUT2D eigenvalue weighted by atomic mass is 79.9. The summed E-state index contributed by atoms with van der Waals surface area (Å²) < 4.78 is 0.968. The molecule has 0 aliphatic carbocycles. The predicted molar refractivity (Wildman–Crippen MR) is 86.2 cm³/mol. The van der Waals surface area contributed by atoms with E-state index in [1.165, 1.54) is 4.90 Å². The van der Waals surface area contributed by atoms with Crippen molar-refractivity contribution in [2.24, 2.45) is 17.4 Å². The maximum atomic E-state index is 12.4. The summed E-state index contributed by atoms with van der Waals surface area (Å²) in [7, 11) is 0. The van der Waals surface area contributed by atoms with E-state index in [1.54, 1.807) is 0 Å². The van der Waals surface area contributed by atoms with Gasteiger partial charge in [-0.25, -0.2) is 0 Å². The smallest absolute Gasteiger partial charge is 0.237 e. The summed E-state index contributed by atoms with van der Waals surface area (Å²) in [5, 5.41) is 0. The van der Waals surface area contributed by atoms with Gasteiger partial charge in [-0.15, -0.1) is 0 Å². The molecule has 0 aliphatic heterocycles. The fraction of sp³-hybridized carbons (Fsp3) is 0.467. The maximum Gasteiger partial charge on any atom is 0.237 e. The van der Waals surface area contributed by atoms with E-state index in [1.807, 2.05) is 31.2 Å². The Hall–Kier alpha value is -1.40. The third kappa shape index (κ3) is 6.27. The van der Waals surface area contributed by atoms with E-state index in [4.69, 9.17) is 11.5 Å². The second kappa shape index (κ2) is 8.79. The topological polar surface area (TPSA) is 89.4 Å². The summed E-state index contributed by atoms with van der Waals surface area (Å²) >= 11 is 3.37. The molecule has 0 heterocycles. The normalized spacial score (nSPS) is 12.0. The summed E-state index contributed by atoms with van der Waals surface area (Å²) in [4.78, 5) is 25.1. The molecule has 0 saturated carbocycles. The molecule has 0 spiro atoms. The highest BCUT2D eigenvalue weighted by Crippen LogP contribution is 2.15. The number of nitrogens with zero attached hydrogens (tertiary/aromatic N) is 1. The van der Waals surface area contributed by atoms with Gasteiger partial charge >= 0.3 is 0 Å². The van der Waals surface area contributed by atoms with E-state index in [0.717, 1.165) is 16.5 Å². The molecule has 1 rings (SSSR count). The minimum Gasteiger partial charge on any atom is -0.368 e. The standard InChI is InChI=1S/C15H22BrN3O2/c1-11(3-2-8-17)15(21)19(10-14(18)20)9-12-4-6-13(16)7-5-12/h4-7,11H,2-3,8-10,17H2,1H3,(H2,18,20). The van der Waals surface area contributed by atoms with Crippen LogP contribution in [0.4, 0.5) is 0 Å². The first-order chi connectivity index (χ1) is 9.93. The van der Waals surface area contributed by atoms with Crippen LogP contribution in [-0.2, 0) is 16.1 Å². The number of carbonyl (C=O) groups is 2. The van der Waals surface area contributed by atoms with Crippen molar-refractivity contribution in [1.82, 2.24) is 4.90 Å². The maximum absolute atomic E-state index is 12.4. The molecule has 5 nitrogen and oxygen atoms in total. The van der Waals surface area contributed by atoms with Gasteiger partial charge in [0.15, 0.2) is 0 Å². The summed E-state index contributed by atoms with van der Waals surface area (Å²) in [6, 6.07) is 7.63. The quantitative estimate of drug-likeness (QED) is 0.742. The third-order valence-corrected chi connectivity index (χ3v) is 3.74. The Kier molecular flexibility index (Phi) is 7.39. The number of hydrogen-bond acceptors (Lipinski definition) is 3. The first-order valence-electron chi connectivity index (χ1n) is 6.95. The molecule has 0 aromatic heterocycles. The van der Waals surface area contributed by atoms with Crippen molar-refractivity contribution < 1.29 is 9.59 Å². The second-order valence-corrected chi connectivity index (χ2v) is 6.03. The van der Waals surface area contributed by atoms with Gasteiger partial charge in [0, 0.05) is 16.9 Å². The number of rotatable bonds is 8. The van der Waals surface area contributed by atoms with Gasteiger partial charge in [-0.2, -0.15) is 0 Å². The molecule has 4 N–H and O–H groups in total. The van der Waals surface area contributed by atoms with Gasteiger partial charge < -0.3 is 16.4 Å². The molecule has 1 aromatic carbocycles. The zero-order chi connectivity index (χ0) is 15.8. The Labute approximate surface area is 133 Å². The van der Waals surface area contributed by atoms with E-state index in [-0.39, 0.29) is 18.4 Å². The molecule has 116 valence electrons. The zero-order valence-corrected chi connectivity index (χ0v) is 13.8. The van der Waals surface area contributed by atoms with Gasteiger partial charge in [-0.3, -0.25) is 9.59 Å². The van der Waals surface area contributed by atoms with Gasteiger partial charge in [-0.05, 0) is 37.1 Å². The fourth-order valence-corrected chi connectivity index (χ4v) is 2.33.